The number of hydrogen-bond acceptors (Lipinski definition) is 9. The zero-order valence-corrected chi connectivity index (χ0v) is 34.9. The number of carboxylic acids is 1. The van der Waals surface area contributed by atoms with E-state index in [4.69, 9.17) is 11.6 Å². The summed E-state index contributed by atoms with van der Waals surface area (Å²) in [6.45, 7) is 8.61. The molecule has 3 aliphatic rings. The van der Waals surface area contributed by atoms with Crippen molar-refractivity contribution in [2.75, 3.05) is 29.5 Å². The first-order chi connectivity index (χ1) is 25.9. The number of carbonyl (C=O) groups is 1. The van der Waals surface area contributed by atoms with Gasteiger partial charge in [-0.15, -0.1) is 0 Å². The van der Waals surface area contributed by atoms with Crippen LogP contribution in [0.4, 0.5) is 11.4 Å². The molecule has 2 aromatic carbocycles. The van der Waals surface area contributed by atoms with Crippen molar-refractivity contribution in [3.8, 4) is 0 Å². The standard InChI is InChI=1S/C39H47ClN2O11S3/c1-38(2)30-24-28(37(43)44)12-16-32(30)41(20-5-7-22-54(45,46)47)34(38)18-13-26-10-9-11-27(36(26)40)14-19-35-39(3,4)31-25-29(56(51,52)53)15-17-33(31)42(35)21-6-8-23-55(48,49)50/h12-19,24-25H,5-11,20-23H2,1-4H3,(H3-,43,44,45,46,47,48,49,50,51,52,53). The first-order valence-corrected chi connectivity index (χ1v) is 23.2. The number of hydrogen-bond donors (Lipinski definition) is 3. The largest absolute Gasteiger partial charge is 0.748 e. The minimum Gasteiger partial charge on any atom is -0.748 e. The Morgan fingerprint density at radius 2 is 1.57 bits per heavy atom. The van der Waals surface area contributed by atoms with Crippen molar-refractivity contribution < 1.29 is 53.4 Å². The Morgan fingerprint density at radius 1 is 0.875 bits per heavy atom. The summed E-state index contributed by atoms with van der Waals surface area (Å²) in [7, 11) is -13.0. The summed E-state index contributed by atoms with van der Waals surface area (Å²) in [5.41, 5.74) is 5.15. The molecule has 304 valence electrons. The Labute approximate surface area is 334 Å². The molecule has 0 unspecified atom stereocenters. The third kappa shape index (κ3) is 9.72. The van der Waals surface area contributed by atoms with E-state index in [9.17, 15) is 48.8 Å². The first-order valence-electron chi connectivity index (χ1n) is 18.2. The van der Waals surface area contributed by atoms with Crippen molar-refractivity contribution in [2.24, 2.45) is 0 Å². The normalized spacial score (nSPS) is 19.8. The van der Waals surface area contributed by atoms with Crippen molar-refractivity contribution in [3.63, 3.8) is 0 Å². The lowest BCUT2D eigenvalue weighted by atomic mass is 9.80. The highest BCUT2D eigenvalue weighted by atomic mass is 35.5. The summed E-state index contributed by atoms with van der Waals surface area (Å²) in [6.07, 6.45) is 11.1. The molecule has 2 aromatic rings. The Balaban J connectivity index is 1.51. The summed E-state index contributed by atoms with van der Waals surface area (Å²) < 4.78 is 102. The van der Waals surface area contributed by atoms with E-state index >= 15 is 0 Å². The molecule has 0 radical (unpaired) electrons. The summed E-state index contributed by atoms with van der Waals surface area (Å²) in [4.78, 5) is 13.6. The number of nitrogens with zero attached hydrogens (tertiary/aromatic N) is 2. The van der Waals surface area contributed by atoms with Crippen LogP contribution in [0, 0.1) is 0 Å². The minimum atomic E-state index is -4.49. The maximum Gasteiger partial charge on any atom is 0.335 e. The van der Waals surface area contributed by atoms with Crippen LogP contribution in [0.3, 0.4) is 0 Å². The fraction of sp³-hybridized carbons (Fsp3) is 0.436. The monoisotopic (exact) mass is 850 g/mol. The second kappa shape index (κ2) is 16.3. The smallest absolute Gasteiger partial charge is 0.335 e. The molecule has 0 bridgehead atoms. The maximum absolute atomic E-state index is 12.0. The highest BCUT2D eigenvalue weighted by molar-refractivity contribution is 7.86. The van der Waals surface area contributed by atoms with Gasteiger partial charge in [-0.05, 0) is 105 Å². The lowest BCUT2D eigenvalue weighted by molar-refractivity contribution is -0.438. The summed E-state index contributed by atoms with van der Waals surface area (Å²) in [6, 6.07) is 9.31. The predicted octanol–water partition coefficient (Wildman–Crippen LogP) is 6.84. The number of rotatable bonds is 15. The van der Waals surface area contributed by atoms with E-state index in [0.29, 0.717) is 55.1 Å². The topological polar surface area (TPSA) is 209 Å². The molecular weight excluding hydrogens is 804 g/mol. The number of fused-ring (bicyclic) bond motifs is 2. The quantitative estimate of drug-likeness (QED) is 0.0956. The molecule has 0 atom stereocenters. The van der Waals surface area contributed by atoms with E-state index in [1.54, 1.807) is 18.2 Å². The molecule has 0 aromatic heterocycles. The predicted molar refractivity (Wildman–Crippen MR) is 214 cm³/mol. The van der Waals surface area contributed by atoms with Crippen LogP contribution in [0.2, 0.25) is 0 Å². The lowest BCUT2D eigenvalue weighted by Crippen LogP contribution is -2.28. The number of halogens is 1. The number of allylic oxidation sites excluding steroid dienone is 8. The minimum absolute atomic E-state index is 0.142. The first kappa shape index (κ1) is 43.5. The van der Waals surface area contributed by atoms with Gasteiger partial charge in [0.1, 0.15) is 6.54 Å². The molecule has 13 nitrogen and oxygen atoms in total. The fourth-order valence-electron chi connectivity index (χ4n) is 7.78. The van der Waals surface area contributed by atoms with E-state index < -0.39 is 52.9 Å². The van der Waals surface area contributed by atoms with Crippen LogP contribution in [-0.2, 0) is 41.2 Å². The number of anilines is 1. The van der Waals surface area contributed by atoms with Gasteiger partial charge in [-0.1, -0.05) is 37.6 Å². The van der Waals surface area contributed by atoms with Gasteiger partial charge in [0.15, 0.2) is 5.71 Å². The second-order valence-electron chi connectivity index (χ2n) is 15.4. The van der Waals surface area contributed by atoms with Crippen LogP contribution < -0.4 is 4.90 Å². The number of benzene rings is 2. The van der Waals surface area contributed by atoms with Crippen LogP contribution in [0.15, 0.2) is 87.5 Å². The van der Waals surface area contributed by atoms with E-state index in [0.717, 1.165) is 40.2 Å². The summed E-state index contributed by atoms with van der Waals surface area (Å²) in [5.74, 6) is -1.92. The van der Waals surface area contributed by atoms with Crippen molar-refractivity contribution in [2.45, 2.75) is 88.4 Å². The van der Waals surface area contributed by atoms with Crippen molar-refractivity contribution in [3.05, 3.63) is 99.3 Å². The van der Waals surface area contributed by atoms with Gasteiger partial charge >= 0.3 is 5.97 Å². The van der Waals surface area contributed by atoms with E-state index in [1.165, 1.54) is 18.2 Å². The van der Waals surface area contributed by atoms with Gasteiger partial charge in [0.05, 0.1) is 31.7 Å². The number of aromatic carboxylic acids is 1. The van der Waals surface area contributed by atoms with E-state index in [2.05, 4.69) is 0 Å². The molecule has 0 amide bonds. The SMILES string of the molecule is CC1(C)C(/C=C/C2=C(Cl)C(=C/C=C3/N(CCCCS(=O)(=O)[O-])c4ccc(S(=O)(=O)O)cc4C3(C)C)/CCC2)=[N+](CCCCS(=O)(=O)O)c2ccc(C(=O)O)cc21. The molecule has 0 spiro atoms. The maximum atomic E-state index is 12.0. The van der Waals surface area contributed by atoms with Crippen LogP contribution in [0.25, 0.3) is 0 Å². The van der Waals surface area contributed by atoms with Crippen LogP contribution in [-0.4, -0.2) is 84.9 Å². The average Bonchev–Trinajstić information content (AvgIpc) is 3.43. The Kier molecular flexibility index (Phi) is 12.7. The highest BCUT2D eigenvalue weighted by Crippen LogP contribution is 2.49. The number of carboxylic acid groups (broad SMARTS) is 1. The molecule has 2 heterocycles. The average molecular weight is 851 g/mol. The fourth-order valence-corrected chi connectivity index (χ4v) is 9.72. The van der Waals surface area contributed by atoms with Crippen LogP contribution in [0.5, 0.6) is 0 Å². The zero-order chi connectivity index (χ0) is 41.4. The van der Waals surface area contributed by atoms with Gasteiger partial charge < -0.3 is 14.6 Å². The van der Waals surface area contributed by atoms with Gasteiger partial charge in [-0.2, -0.15) is 21.4 Å². The molecule has 0 saturated heterocycles. The Bertz CT molecular complexity index is 2430. The third-order valence-electron chi connectivity index (χ3n) is 10.7. The molecule has 17 heteroatoms. The molecule has 2 aliphatic heterocycles. The summed E-state index contributed by atoms with van der Waals surface area (Å²) >= 11 is 7.10. The van der Waals surface area contributed by atoms with Gasteiger partial charge in [-0.25, -0.2) is 13.2 Å². The van der Waals surface area contributed by atoms with Gasteiger partial charge in [0, 0.05) is 58.3 Å². The molecule has 0 fully saturated rings. The van der Waals surface area contributed by atoms with Gasteiger partial charge in [0.2, 0.25) is 5.69 Å². The molecule has 1 aliphatic carbocycles. The summed E-state index contributed by atoms with van der Waals surface area (Å²) in [5, 5.41) is 10.3. The van der Waals surface area contributed by atoms with Gasteiger partial charge in [-0.3, -0.25) is 9.11 Å². The van der Waals surface area contributed by atoms with Crippen molar-refractivity contribution >= 4 is 65.0 Å². The molecule has 3 N–H and O–H groups in total. The van der Waals surface area contributed by atoms with Crippen molar-refractivity contribution in [1.82, 2.24) is 0 Å². The molecule has 5 rings (SSSR count). The van der Waals surface area contributed by atoms with E-state index in [-0.39, 0.29) is 29.1 Å². The Hall–Kier alpha value is -3.64. The second-order valence-corrected chi connectivity index (χ2v) is 20.3. The third-order valence-corrected chi connectivity index (χ3v) is 13.6. The Morgan fingerprint density at radius 3 is 2.21 bits per heavy atom. The van der Waals surface area contributed by atoms with Crippen LogP contribution in [0.1, 0.15) is 94.1 Å². The lowest BCUT2D eigenvalue weighted by Gasteiger charge is -2.27. The van der Waals surface area contributed by atoms with Gasteiger partial charge in [0.25, 0.3) is 20.2 Å². The zero-order valence-electron chi connectivity index (χ0n) is 31.7. The highest BCUT2D eigenvalue weighted by Gasteiger charge is 2.45. The van der Waals surface area contributed by atoms with Crippen LogP contribution >= 0.6 is 11.6 Å². The molecule has 0 saturated carbocycles. The molecular formula is C39H47ClN2O11S3. The molecule has 56 heavy (non-hydrogen) atoms. The van der Waals surface area contributed by atoms with E-state index in [1.807, 2.05) is 61.5 Å². The van der Waals surface area contributed by atoms with Crippen molar-refractivity contribution in [1.29, 1.82) is 0 Å². The number of unbranched alkanes of at least 4 members (excludes halogenated alkanes) is 2.